The van der Waals surface area contributed by atoms with Crippen molar-refractivity contribution in [1.82, 2.24) is 9.36 Å². The van der Waals surface area contributed by atoms with Gasteiger partial charge in [0.2, 0.25) is 5.13 Å². The number of ketones is 1. The number of hydrogen-bond donors (Lipinski definition) is 0. The average Bonchev–Trinajstić information content (AvgIpc) is 2.78. The highest BCUT2D eigenvalue weighted by atomic mass is 32.1. The van der Waals surface area contributed by atoms with E-state index in [1.165, 1.54) is 11.5 Å². The number of anilines is 1. The van der Waals surface area contributed by atoms with Gasteiger partial charge in [-0.25, -0.2) is 4.98 Å². The number of hydrogen-bond acceptors (Lipinski definition) is 5. The molecular weight excluding hydrogens is 234 g/mol. The van der Waals surface area contributed by atoms with Crippen molar-refractivity contribution in [3.8, 4) is 0 Å². The summed E-state index contributed by atoms with van der Waals surface area (Å²) in [6.45, 7) is 5.64. The van der Waals surface area contributed by atoms with Crippen LogP contribution in [0.3, 0.4) is 0 Å². The summed E-state index contributed by atoms with van der Waals surface area (Å²) in [5.41, 5.74) is 0. The molecule has 0 aliphatic carbocycles. The summed E-state index contributed by atoms with van der Waals surface area (Å²) in [7, 11) is 0. The molecule has 1 aromatic rings. The van der Waals surface area contributed by atoms with Gasteiger partial charge in [0.05, 0.1) is 0 Å². The van der Waals surface area contributed by atoms with Gasteiger partial charge in [0.25, 0.3) is 0 Å². The zero-order valence-electron chi connectivity index (χ0n) is 10.5. The highest BCUT2D eigenvalue weighted by Crippen LogP contribution is 2.25. The van der Waals surface area contributed by atoms with Crippen molar-refractivity contribution in [3.05, 3.63) is 5.82 Å². The lowest BCUT2D eigenvalue weighted by Gasteiger charge is -2.30. The Morgan fingerprint density at radius 1 is 1.59 bits per heavy atom. The summed E-state index contributed by atoms with van der Waals surface area (Å²) in [5.74, 6) is 1.42. The summed E-state index contributed by atoms with van der Waals surface area (Å²) in [5, 5.41) is 0.986. The van der Waals surface area contributed by atoms with Crippen LogP contribution in [0.25, 0.3) is 0 Å². The molecule has 1 aliphatic heterocycles. The number of aromatic nitrogens is 2. The first kappa shape index (κ1) is 12.5. The van der Waals surface area contributed by atoms with Gasteiger partial charge in [0.1, 0.15) is 11.6 Å². The molecule has 0 radical (unpaired) electrons. The van der Waals surface area contributed by atoms with E-state index < -0.39 is 0 Å². The number of aryl methyl sites for hydroxylation is 1. The lowest BCUT2D eigenvalue weighted by atomic mass is 9.95. The van der Waals surface area contributed by atoms with Crippen molar-refractivity contribution >= 4 is 22.4 Å². The predicted octanol–water partition coefficient (Wildman–Crippen LogP) is 2.30. The van der Waals surface area contributed by atoms with Crippen LogP contribution in [0.1, 0.15) is 38.9 Å². The highest BCUT2D eigenvalue weighted by molar-refractivity contribution is 7.09. The van der Waals surface area contributed by atoms with Crippen LogP contribution in [0.2, 0.25) is 0 Å². The second-order valence-corrected chi connectivity index (χ2v) is 5.37. The molecule has 2 heterocycles. The molecule has 1 fully saturated rings. The molecule has 0 bridgehead atoms. The quantitative estimate of drug-likeness (QED) is 0.826. The topological polar surface area (TPSA) is 46.1 Å². The van der Waals surface area contributed by atoms with Gasteiger partial charge < -0.3 is 4.90 Å². The maximum atomic E-state index is 11.4. The second kappa shape index (κ2) is 5.58. The van der Waals surface area contributed by atoms with Crippen LogP contribution in [-0.4, -0.2) is 28.2 Å². The van der Waals surface area contributed by atoms with Crippen molar-refractivity contribution in [1.29, 1.82) is 0 Å². The van der Waals surface area contributed by atoms with E-state index in [2.05, 4.69) is 21.2 Å². The molecule has 5 heteroatoms. The SMILES string of the molecule is CCCc1nsc(N2CCCC(C(C)=O)C2)n1. The number of Topliss-reactive ketones (excluding diaryl/α,β-unsaturated/α-hetero) is 1. The minimum atomic E-state index is 0.183. The molecule has 4 nitrogen and oxygen atoms in total. The first-order chi connectivity index (χ1) is 8.20. The normalized spacial score (nSPS) is 20.6. The Morgan fingerprint density at radius 2 is 2.41 bits per heavy atom. The van der Waals surface area contributed by atoms with E-state index in [-0.39, 0.29) is 5.92 Å². The first-order valence-corrected chi connectivity index (χ1v) is 7.06. The van der Waals surface area contributed by atoms with Crippen LogP contribution in [0.15, 0.2) is 0 Å². The maximum Gasteiger partial charge on any atom is 0.205 e. The molecule has 94 valence electrons. The van der Waals surface area contributed by atoms with Crippen LogP contribution in [0, 0.1) is 5.92 Å². The fourth-order valence-electron chi connectivity index (χ4n) is 2.18. The van der Waals surface area contributed by atoms with E-state index in [9.17, 15) is 4.79 Å². The molecule has 0 saturated carbocycles. The number of rotatable bonds is 4. The molecule has 17 heavy (non-hydrogen) atoms. The summed E-state index contributed by atoms with van der Waals surface area (Å²) in [4.78, 5) is 18.2. The van der Waals surface area contributed by atoms with Gasteiger partial charge in [-0.3, -0.25) is 4.79 Å². The largest absolute Gasteiger partial charge is 0.346 e. The van der Waals surface area contributed by atoms with Crippen molar-refractivity contribution in [2.75, 3.05) is 18.0 Å². The monoisotopic (exact) mass is 253 g/mol. The Labute approximate surface area is 106 Å². The molecule has 1 atom stereocenters. The predicted molar refractivity (Wildman–Crippen MR) is 69.5 cm³/mol. The van der Waals surface area contributed by atoms with Gasteiger partial charge >= 0.3 is 0 Å². The van der Waals surface area contributed by atoms with Gasteiger partial charge in [0.15, 0.2) is 0 Å². The van der Waals surface area contributed by atoms with Crippen LogP contribution in [-0.2, 0) is 11.2 Å². The van der Waals surface area contributed by atoms with Crippen LogP contribution in [0.5, 0.6) is 0 Å². The Bertz CT molecular complexity index is 391. The lowest BCUT2D eigenvalue weighted by Crippen LogP contribution is -2.38. The van der Waals surface area contributed by atoms with Crippen LogP contribution >= 0.6 is 11.5 Å². The third kappa shape index (κ3) is 3.03. The van der Waals surface area contributed by atoms with Crippen molar-refractivity contribution in [2.24, 2.45) is 5.92 Å². The van der Waals surface area contributed by atoms with Crippen molar-refractivity contribution in [2.45, 2.75) is 39.5 Å². The van der Waals surface area contributed by atoms with Gasteiger partial charge in [-0.15, -0.1) is 0 Å². The number of carbonyl (C=O) groups is 1. The smallest absolute Gasteiger partial charge is 0.205 e. The fourth-order valence-corrected chi connectivity index (χ4v) is 2.93. The van der Waals surface area contributed by atoms with E-state index in [0.717, 1.165) is 49.7 Å². The van der Waals surface area contributed by atoms with E-state index in [0.29, 0.717) is 5.78 Å². The van der Waals surface area contributed by atoms with Crippen molar-refractivity contribution in [3.63, 3.8) is 0 Å². The van der Waals surface area contributed by atoms with E-state index in [1.807, 2.05) is 0 Å². The zero-order chi connectivity index (χ0) is 12.3. The van der Waals surface area contributed by atoms with Crippen LogP contribution in [0.4, 0.5) is 5.13 Å². The summed E-state index contributed by atoms with van der Waals surface area (Å²) in [6.07, 6.45) is 4.12. The number of nitrogens with zero attached hydrogens (tertiary/aromatic N) is 3. The molecule has 0 spiro atoms. The fraction of sp³-hybridized carbons (Fsp3) is 0.750. The molecule has 1 aliphatic rings. The van der Waals surface area contributed by atoms with Gasteiger partial charge in [-0.05, 0) is 26.2 Å². The summed E-state index contributed by atoms with van der Waals surface area (Å²) in [6, 6.07) is 0. The molecule has 0 aromatic carbocycles. The third-order valence-electron chi connectivity index (χ3n) is 3.20. The Kier molecular flexibility index (Phi) is 4.10. The lowest BCUT2D eigenvalue weighted by molar-refractivity contribution is -0.120. The minimum Gasteiger partial charge on any atom is -0.346 e. The first-order valence-electron chi connectivity index (χ1n) is 6.28. The van der Waals surface area contributed by atoms with E-state index in [1.54, 1.807) is 6.92 Å². The Hall–Kier alpha value is -0.970. The Morgan fingerprint density at radius 3 is 3.12 bits per heavy atom. The Balaban J connectivity index is 2.02. The maximum absolute atomic E-state index is 11.4. The van der Waals surface area contributed by atoms with Gasteiger partial charge in [-0.1, -0.05) is 6.92 Å². The van der Waals surface area contributed by atoms with Crippen LogP contribution < -0.4 is 4.90 Å². The van der Waals surface area contributed by atoms with E-state index >= 15 is 0 Å². The molecule has 1 aromatic heterocycles. The molecule has 0 N–H and O–H groups in total. The molecule has 2 rings (SSSR count). The average molecular weight is 253 g/mol. The minimum absolute atomic E-state index is 0.183. The van der Waals surface area contributed by atoms with Gasteiger partial charge in [0, 0.05) is 37.0 Å². The zero-order valence-corrected chi connectivity index (χ0v) is 11.3. The summed E-state index contributed by atoms with van der Waals surface area (Å²) < 4.78 is 4.35. The third-order valence-corrected chi connectivity index (χ3v) is 4.01. The molecular formula is C12H19N3OS. The van der Waals surface area contributed by atoms with Gasteiger partial charge in [-0.2, -0.15) is 4.37 Å². The van der Waals surface area contributed by atoms with Crippen molar-refractivity contribution < 1.29 is 4.79 Å². The standard InChI is InChI=1S/C12H19N3OS/c1-3-5-11-13-12(17-14-11)15-7-4-6-10(8-15)9(2)16/h10H,3-8H2,1-2H3. The van der Waals surface area contributed by atoms with E-state index in [4.69, 9.17) is 0 Å². The molecule has 0 amide bonds. The molecule has 1 unspecified atom stereocenters. The highest BCUT2D eigenvalue weighted by Gasteiger charge is 2.25. The second-order valence-electron chi connectivity index (χ2n) is 4.64. The number of piperidine rings is 1. The summed E-state index contributed by atoms with van der Waals surface area (Å²) >= 11 is 1.46. The molecule has 1 saturated heterocycles. The number of carbonyl (C=O) groups excluding carboxylic acids is 1.